The molecule has 1 N–H and O–H groups in total. The molecule has 0 amide bonds. The fraction of sp³-hybridized carbons (Fsp3) is 0.333. The molecule has 1 aliphatic rings. The molecule has 1 heterocycles. The van der Waals surface area contributed by atoms with Gasteiger partial charge < -0.3 is 0 Å². The predicted molar refractivity (Wildman–Crippen MR) is 53.0 cm³/mol. The standard InChI is InChI=1S/C9H12N2OS/c12-13-7-6-10-11(13)8-9-4-2-1-3-5-9/h1-5,10H,6-8H2. The molecule has 1 unspecified atom stereocenters. The van der Waals surface area contributed by atoms with E-state index in [1.54, 1.807) is 4.41 Å². The first-order valence-corrected chi connectivity index (χ1v) is 5.57. The van der Waals surface area contributed by atoms with Crippen molar-refractivity contribution in [2.75, 3.05) is 12.3 Å². The van der Waals surface area contributed by atoms with Crippen molar-refractivity contribution in [2.45, 2.75) is 6.54 Å². The van der Waals surface area contributed by atoms with Gasteiger partial charge >= 0.3 is 0 Å². The highest BCUT2D eigenvalue weighted by atomic mass is 32.2. The smallest absolute Gasteiger partial charge is 0.110 e. The van der Waals surface area contributed by atoms with E-state index >= 15 is 0 Å². The summed E-state index contributed by atoms with van der Waals surface area (Å²) in [4.78, 5) is 0. The van der Waals surface area contributed by atoms with Crippen LogP contribution in [-0.2, 0) is 17.5 Å². The summed E-state index contributed by atoms with van der Waals surface area (Å²) in [6.45, 7) is 1.53. The van der Waals surface area contributed by atoms with Crippen molar-refractivity contribution in [1.29, 1.82) is 0 Å². The van der Waals surface area contributed by atoms with E-state index in [0.29, 0.717) is 6.54 Å². The van der Waals surface area contributed by atoms with E-state index in [2.05, 4.69) is 5.43 Å². The average Bonchev–Trinajstić information content (AvgIpc) is 2.54. The topological polar surface area (TPSA) is 32.3 Å². The fourth-order valence-electron chi connectivity index (χ4n) is 1.32. The molecule has 2 rings (SSSR count). The highest BCUT2D eigenvalue weighted by Crippen LogP contribution is 2.07. The second-order valence-corrected chi connectivity index (χ2v) is 4.45. The number of hydrogen-bond donors (Lipinski definition) is 1. The van der Waals surface area contributed by atoms with Crippen LogP contribution in [0.5, 0.6) is 0 Å². The maximum Gasteiger partial charge on any atom is 0.110 e. The van der Waals surface area contributed by atoms with E-state index < -0.39 is 11.0 Å². The molecule has 0 radical (unpaired) electrons. The number of benzene rings is 1. The summed E-state index contributed by atoms with van der Waals surface area (Å²) in [5, 5.41) is 0. The number of nitrogens with one attached hydrogen (secondary N) is 1. The first-order valence-electron chi connectivity index (χ1n) is 4.30. The molecule has 0 aliphatic carbocycles. The zero-order chi connectivity index (χ0) is 9.10. The molecule has 1 atom stereocenters. The van der Waals surface area contributed by atoms with Crippen LogP contribution >= 0.6 is 0 Å². The first-order chi connectivity index (χ1) is 6.36. The van der Waals surface area contributed by atoms with Crippen LogP contribution in [0, 0.1) is 0 Å². The lowest BCUT2D eigenvalue weighted by Crippen LogP contribution is -2.30. The van der Waals surface area contributed by atoms with Crippen molar-refractivity contribution in [3.05, 3.63) is 35.9 Å². The Kier molecular flexibility index (Phi) is 2.73. The highest BCUT2D eigenvalue weighted by Gasteiger charge is 2.18. The molecule has 1 aromatic carbocycles. The minimum Gasteiger partial charge on any atom is -0.242 e. The monoisotopic (exact) mass is 196 g/mol. The number of rotatable bonds is 2. The Morgan fingerprint density at radius 1 is 1.38 bits per heavy atom. The van der Waals surface area contributed by atoms with Gasteiger partial charge in [0, 0.05) is 6.54 Å². The van der Waals surface area contributed by atoms with Gasteiger partial charge in [-0.25, -0.2) is 9.63 Å². The van der Waals surface area contributed by atoms with Crippen LogP contribution in [0.25, 0.3) is 0 Å². The number of hydrogen-bond acceptors (Lipinski definition) is 2. The molecule has 13 heavy (non-hydrogen) atoms. The largest absolute Gasteiger partial charge is 0.242 e. The lowest BCUT2D eigenvalue weighted by Gasteiger charge is -2.12. The molecule has 0 saturated carbocycles. The molecule has 4 heteroatoms. The Morgan fingerprint density at radius 2 is 2.15 bits per heavy atom. The Bertz CT molecular complexity index is 302. The number of hydrazine groups is 1. The minimum atomic E-state index is -0.839. The minimum absolute atomic E-state index is 0.716. The summed E-state index contributed by atoms with van der Waals surface area (Å²) >= 11 is 0. The number of nitrogens with zero attached hydrogens (tertiary/aromatic N) is 1. The van der Waals surface area contributed by atoms with Gasteiger partial charge in [0.25, 0.3) is 0 Å². The molecule has 0 bridgehead atoms. The van der Waals surface area contributed by atoms with Gasteiger partial charge in [0.05, 0.1) is 12.3 Å². The van der Waals surface area contributed by atoms with E-state index in [1.807, 2.05) is 30.3 Å². The van der Waals surface area contributed by atoms with Crippen molar-refractivity contribution >= 4 is 11.0 Å². The molecular weight excluding hydrogens is 184 g/mol. The Labute approximate surface area is 80.3 Å². The van der Waals surface area contributed by atoms with Gasteiger partial charge in [-0.2, -0.15) is 4.41 Å². The van der Waals surface area contributed by atoms with Crippen LogP contribution in [0.3, 0.4) is 0 Å². The van der Waals surface area contributed by atoms with Crippen LogP contribution in [0.15, 0.2) is 30.3 Å². The normalized spacial score (nSPS) is 23.5. The quantitative estimate of drug-likeness (QED) is 0.754. The van der Waals surface area contributed by atoms with Gasteiger partial charge in [-0.15, -0.1) is 0 Å². The van der Waals surface area contributed by atoms with Crippen LogP contribution in [0.4, 0.5) is 0 Å². The summed E-state index contributed by atoms with van der Waals surface area (Å²) in [5.41, 5.74) is 4.27. The fourth-order valence-corrected chi connectivity index (χ4v) is 2.33. The lowest BCUT2D eigenvalue weighted by atomic mass is 10.2. The molecule has 1 saturated heterocycles. The maximum absolute atomic E-state index is 11.4. The van der Waals surface area contributed by atoms with Gasteiger partial charge in [0.2, 0.25) is 0 Å². The molecule has 70 valence electrons. The molecule has 1 fully saturated rings. The van der Waals surface area contributed by atoms with E-state index in [0.717, 1.165) is 12.3 Å². The van der Waals surface area contributed by atoms with Crippen LogP contribution < -0.4 is 5.43 Å². The van der Waals surface area contributed by atoms with Gasteiger partial charge in [-0.05, 0) is 5.56 Å². The highest BCUT2D eigenvalue weighted by molar-refractivity contribution is 7.82. The van der Waals surface area contributed by atoms with Crippen molar-refractivity contribution in [2.24, 2.45) is 0 Å². The summed E-state index contributed by atoms with van der Waals surface area (Å²) in [5.74, 6) is 0.729. The lowest BCUT2D eigenvalue weighted by molar-refractivity contribution is 0.365. The van der Waals surface area contributed by atoms with Crippen LogP contribution in [0.2, 0.25) is 0 Å². The SMILES string of the molecule is O=S1CCNN1Cc1ccccc1. The molecule has 1 aromatic rings. The molecular formula is C9H12N2OS. The Balaban J connectivity index is 2.02. The maximum atomic E-state index is 11.4. The Hall–Kier alpha value is -0.710. The summed E-state index contributed by atoms with van der Waals surface area (Å²) in [6, 6.07) is 10.1. The molecule has 3 nitrogen and oxygen atoms in total. The summed E-state index contributed by atoms with van der Waals surface area (Å²) in [6.07, 6.45) is 0. The summed E-state index contributed by atoms with van der Waals surface area (Å²) < 4.78 is 13.1. The van der Waals surface area contributed by atoms with Crippen molar-refractivity contribution in [3.63, 3.8) is 0 Å². The predicted octanol–water partition coefficient (Wildman–Crippen LogP) is 0.670. The average molecular weight is 196 g/mol. The van der Waals surface area contributed by atoms with Crippen LogP contribution in [-0.4, -0.2) is 20.9 Å². The molecule has 0 aromatic heterocycles. The van der Waals surface area contributed by atoms with E-state index in [4.69, 9.17) is 0 Å². The third-order valence-corrected chi connectivity index (χ3v) is 3.28. The van der Waals surface area contributed by atoms with E-state index in [-0.39, 0.29) is 0 Å². The van der Waals surface area contributed by atoms with Gasteiger partial charge in [-0.3, -0.25) is 0 Å². The van der Waals surface area contributed by atoms with E-state index in [1.165, 1.54) is 5.56 Å². The summed E-state index contributed by atoms with van der Waals surface area (Å²) in [7, 11) is -0.839. The second kappa shape index (κ2) is 4.00. The van der Waals surface area contributed by atoms with Crippen molar-refractivity contribution in [1.82, 2.24) is 9.84 Å². The Morgan fingerprint density at radius 3 is 2.77 bits per heavy atom. The second-order valence-electron chi connectivity index (χ2n) is 2.96. The van der Waals surface area contributed by atoms with Crippen LogP contribution in [0.1, 0.15) is 5.56 Å². The zero-order valence-corrected chi connectivity index (χ0v) is 8.09. The third-order valence-electron chi connectivity index (χ3n) is 1.98. The molecule has 0 spiro atoms. The first kappa shape index (κ1) is 8.87. The third kappa shape index (κ3) is 2.15. The van der Waals surface area contributed by atoms with E-state index in [9.17, 15) is 4.21 Å². The van der Waals surface area contributed by atoms with Gasteiger partial charge in [0.15, 0.2) is 0 Å². The van der Waals surface area contributed by atoms with Gasteiger partial charge in [0.1, 0.15) is 11.0 Å². The molecule has 1 aliphatic heterocycles. The van der Waals surface area contributed by atoms with Crippen molar-refractivity contribution < 1.29 is 4.21 Å². The van der Waals surface area contributed by atoms with Crippen molar-refractivity contribution in [3.8, 4) is 0 Å². The zero-order valence-electron chi connectivity index (χ0n) is 7.27. The van der Waals surface area contributed by atoms with Gasteiger partial charge in [-0.1, -0.05) is 30.3 Å².